The summed E-state index contributed by atoms with van der Waals surface area (Å²) in [5, 5.41) is 0.411. The zero-order valence-corrected chi connectivity index (χ0v) is 13.7. The minimum Gasteiger partial charge on any atom is -0.497 e. The normalized spacial score (nSPS) is 10.6. The molecule has 6 nitrogen and oxygen atoms in total. The molecular weight excluding hydrogens is 308 g/mol. The Hall–Kier alpha value is -3.15. The fraction of sp³-hybridized carbons (Fsp3) is 0.167. The molecule has 3 N–H and O–H groups in total. The van der Waals surface area contributed by atoms with Crippen LogP contribution >= 0.6 is 0 Å². The zero-order valence-electron chi connectivity index (χ0n) is 13.7. The van der Waals surface area contributed by atoms with E-state index in [0.717, 1.165) is 5.56 Å². The molecule has 0 saturated carbocycles. The molecule has 1 aromatic heterocycles. The fourth-order valence-corrected chi connectivity index (χ4v) is 2.67. The van der Waals surface area contributed by atoms with Crippen LogP contribution in [0, 0.1) is 0 Å². The number of nitrogen functional groups attached to an aromatic ring is 1. The second-order valence-electron chi connectivity index (χ2n) is 5.24. The first-order chi connectivity index (χ1) is 11.6. The molecule has 0 aliphatic heterocycles. The average molecular weight is 326 g/mol. The Bertz CT molecular complexity index is 946. The lowest BCUT2D eigenvalue weighted by Gasteiger charge is -2.13. The smallest absolute Gasteiger partial charge is 0.235 e. The summed E-state index contributed by atoms with van der Waals surface area (Å²) in [6.45, 7) is 0. The van der Waals surface area contributed by atoms with Gasteiger partial charge >= 0.3 is 0 Å². The van der Waals surface area contributed by atoms with E-state index in [1.54, 1.807) is 31.4 Å². The third-order valence-corrected chi connectivity index (χ3v) is 3.85. The van der Waals surface area contributed by atoms with Gasteiger partial charge in [0.25, 0.3) is 0 Å². The van der Waals surface area contributed by atoms with Crippen molar-refractivity contribution in [3.05, 3.63) is 46.6 Å². The van der Waals surface area contributed by atoms with Gasteiger partial charge in [0, 0.05) is 23.4 Å². The van der Waals surface area contributed by atoms with Crippen molar-refractivity contribution >= 4 is 16.6 Å². The third kappa shape index (κ3) is 2.52. The Labute approximate surface area is 138 Å². The van der Waals surface area contributed by atoms with Gasteiger partial charge in [-0.3, -0.25) is 4.79 Å². The lowest BCUT2D eigenvalue weighted by molar-refractivity contribution is 0.396. The molecule has 0 fully saturated rings. The van der Waals surface area contributed by atoms with E-state index in [0.29, 0.717) is 33.8 Å². The summed E-state index contributed by atoms with van der Waals surface area (Å²) in [6, 6.07) is 10.6. The lowest BCUT2D eigenvalue weighted by Crippen LogP contribution is -2.11. The van der Waals surface area contributed by atoms with E-state index >= 15 is 0 Å². The maximum absolute atomic E-state index is 12.9. The van der Waals surface area contributed by atoms with Crippen molar-refractivity contribution in [2.24, 2.45) is 0 Å². The molecule has 0 aliphatic carbocycles. The van der Waals surface area contributed by atoms with Gasteiger partial charge in [0.2, 0.25) is 5.43 Å². The molecule has 6 heteroatoms. The number of rotatable bonds is 4. The maximum Gasteiger partial charge on any atom is 0.235 e. The Kier molecular flexibility index (Phi) is 4.04. The Balaban J connectivity index is 2.38. The molecule has 0 unspecified atom stereocenters. The number of nitrogens with one attached hydrogen (secondary N) is 1. The van der Waals surface area contributed by atoms with Crippen LogP contribution in [-0.4, -0.2) is 26.3 Å². The molecule has 3 rings (SSSR count). The van der Waals surface area contributed by atoms with E-state index in [9.17, 15) is 4.79 Å². The van der Waals surface area contributed by atoms with E-state index < -0.39 is 0 Å². The van der Waals surface area contributed by atoms with Crippen LogP contribution in [0.1, 0.15) is 0 Å². The maximum atomic E-state index is 12.9. The van der Waals surface area contributed by atoms with Crippen molar-refractivity contribution < 1.29 is 14.2 Å². The number of nitrogens with two attached hydrogens (primary N) is 1. The molecule has 0 atom stereocenters. The van der Waals surface area contributed by atoms with Crippen LogP contribution in [0.2, 0.25) is 0 Å². The van der Waals surface area contributed by atoms with Crippen molar-refractivity contribution in [2.75, 3.05) is 27.1 Å². The first-order valence-electron chi connectivity index (χ1n) is 7.31. The summed E-state index contributed by atoms with van der Waals surface area (Å²) >= 11 is 0. The highest BCUT2D eigenvalue weighted by Gasteiger charge is 2.18. The van der Waals surface area contributed by atoms with Crippen molar-refractivity contribution in [3.8, 4) is 28.5 Å². The van der Waals surface area contributed by atoms with Gasteiger partial charge in [-0.1, -0.05) is 12.1 Å². The van der Waals surface area contributed by atoms with Gasteiger partial charge < -0.3 is 24.9 Å². The largest absolute Gasteiger partial charge is 0.497 e. The molecule has 0 radical (unpaired) electrons. The Morgan fingerprint density at radius 2 is 1.67 bits per heavy atom. The highest BCUT2D eigenvalue weighted by atomic mass is 16.5. The molecule has 1 heterocycles. The second-order valence-corrected chi connectivity index (χ2v) is 5.24. The number of fused-ring (bicyclic) bond motifs is 1. The van der Waals surface area contributed by atoms with Gasteiger partial charge in [-0.15, -0.1) is 0 Å². The van der Waals surface area contributed by atoms with Gasteiger partial charge in [-0.05, 0) is 12.1 Å². The van der Waals surface area contributed by atoms with Gasteiger partial charge in [0.15, 0.2) is 5.75 Å². The number of H-pyrrole nitrogens is 1. The Morgan fingerprint density at radius 1 is 0.958 bits per heavy atom. The number of benzene rings is 2. The standard InChI is InChI=1S/C18H18N2O4/c1-22-12-8-13-15(14(9-12)23-2)17(21)18(24-3)16(20-13)10-4-6-11(19)7-5-10/h4-9H,19H2,1-3H3,(H,20,21). The lowest BCUT2D eigenvalue weighted by atomic mass is 10.1. The van der Waals surface area contributed by atoms with Crippen LogP contribution in [0.3, 0.4) is 0 Å². The van der Waals surface area contributed by atoms with Crippen molar-refractivity contribution in [2.45, 2.75) is 0 Å². The first kappa shape index (κ1) is 15.7. The van der Waals surface area contributed by atoms with Crippen molar-refractivity contribution in [1.82, 2.24) is 4.98 Å². The summed E-state index contributed by atoms with van der Waals surface area (Å²) < 4.78 is 16.0. The van der Waals surface area contributed by atoms with Crippen LogP contribution in [0.5, 0.6) is 17.2 Å². The predicted octanol–water partition coefficient (Wildman–Crippen LogP) is 2.80. The Morgan fingerprint density at radius 3 is 2.25 bits per heavy atom. The minimum atomic E-state index is -0.252. The molecule has 3 aromatic rings. The van der Waals surface area contributed by atoms with Crippen LogP contribution in [0.25, 0.3) is 22.2 Å². The predicted molar refractivity (Wildman–Crippen MR) is 94.1 cm³/mol. The molecule has 24 heavy (non-hydrogen) atoms. The molecule has 0 aliphatic rings. The monoisotopic (exact) mass is 326 g/mol. The first-order valence-corrected chi connectivity index (χ1v) is 7.31. The minimum absolute atomic E-state index is 0.218. The zero-order chi connectivity index (χ0) is 17.3. The van der Waals surface area contributed by atoms with E-state index in [1.807, 2.05) is 12.1 Å². The second kappa shape index (κ2) is 6.16. The van der Waals surface area contributed by atoms with Gasteiger partial charge in [-0.2, -0.15) is 0 Å². The molecule has 124 valence electrons. The number of aromatic amines is 1. The van der Waals surface area contributed by atoms with E-state index in [2.05, 4.69) is 4.98 Å². The summed E-state index contributed by atoms with van der Waals surface area (Å²) in [7, 11) is 4.53. The number of hydrogen-bond donors (Lipinski definition) is 2. The van der Waals surface area contributed by atoms with Crippen LogP contribution in [0.4, 0.5) is 5.69 Å². The summed E-state index contributed by atoms with van der Waals surface area (Å²) in [5.74, 6) is 1.23. The van der Waals surface area contributed by atoms with Crippen LogP contribution in [-0.2, 0) is 0 Å². The van der Waals surface area contributed by atoms with E-state index in [1.165, 1.54) is 14.2 Å². The van der Waals surface area contributed by atoms with Crippen molar-refractivity contribution in [3.63, 3.8) is 0 Å². The highest BCUT2D eigenvalue weighted by molar-refractivity contribution is 5.91. The van der Waals surface area contributed by atoms with Gasteiger partial charge in [-0.25, -0.2) is 0 Å². The number of methoxy groups -OCH3 is 3. The molecule has 0 spiro atoms. The summed E-state index contributed by atoms with van der Waals surface area (Å²) in [6.07, 6.45) is 0. The SMILES string of the molecule is COc1cc(OC)c2c(=O)c(OC)c(-c3ccc(N)cc3)[nH]c2c1. The average Bonchev–Trinajstić information content (AvgIpc) is 2.61. The summed E-state index contributed by atoms with van der Waals surface area (Å²) in [5.41, 5.74) is 8.09. The van der Waals surface area contributed by atoms with Crippen LogP contribution < -0.4 is 25.4 Å². The van der Waals surface area contributed by atoms with Gasteiger partial charge in [0.05, 0.1) is 37.9 Å². The topological polar surface area (TPSA) is 86.6 Å². The fourth-order valence-electron chi connectivity index (χ4n) is 2.67. The highest BCUT2D eigenvalue weighted by Crippen LogP contribution is 2.33. The molecule has 0 saturated heterocycles. The van der Waals surface area contributed by atoms with E-state index in [4.69, 9.17) is 19.9 Å². The molecule has 0 bridgehead atoms. The number of aromatic nitrogens is 1. The van der Waals surface area contributed by atoms with Crippen LogP contribution in [0.15, 0.2) is 41.2 Å². The number of pyridine rings is 1. The third-order valence-electron chi connectivity index (χ3n) is 3.85. The van der Waals surface area contributed by atoms with Gasteiger partial charge in [0.1, 0.15) is 11.5 Å². The summed E-state index contributed by atoms with van der Waals surface area (Å²) in [4.78, 5) is 16.2. The molecule has 0 amide bonds. The quantitative estimate of drug-likeness (QED) is 0.720. The van der Waals surface area contributed by atoms with Crippen molar-refractivity contribution in [1.29, 1.82) is 0 Å². The van der Waals surface area contributed by atoms with E-state index in [-0.39, 0.29) is 11.2 Å². The molecular formula is C18H18N2O4. The number of hydrogen-bond acceptors (Lipinski definition) is 5. The number of ether oxygens (including phenoxy) is 3. The molecule has 2 aromatic carbocycles. The number of anilines is 1.